The average Bonchev–Trinajstić information content (AvgIpc) is 3.05. The minimum atomic E-state index is -0.743. The molecule has 0 aliphatic carbocycles. The Balaban J connectivity index is 1.70. The van der Waals surface area contributed by atoms with Crippen molar-refractivity contribution in [2.24, 2.45) is 0 Å². The van der Waals surface area contributed by atoms with Crippen LogP contribution in [0.3, 0.4) is 0 Å². The fourth-order valence-corrected chi connectivity index (χ4v) is 4.19. The highest BCUT2D eigenvalue weighted by atomic mass is 35.5. The lowest BCUT2D eigenvalue weighted by molar-refractivity contribution is 0.0974. The maximum atomic E-state index is 14.7. The smallest absolute Gasteiger partial charge is 0.279 e. The highest BCUT2D eigenvalue weighted by Crippen LogP contribution is 2.34. The van der Waals surface area contributed by atoms with E-state index in [4.69, 9.17) is 28.5 Å². The summed E-state index contributed by atoms with van der Waals surface area (Å²) in [7, 11) is 0. The monoisotopic (exact) mass is 460 g/mol. The van der Waals surface area contributed by atoms with Crippen LogP contribution >= 0.6 is 23.2 Å². The van der Waals surface area contributed by atoms with E-state index in [0.29, 0.717) is 28.7 Å². The SMILES string of the molecule is Cc1cccc(Cn2nc3c(c2Cl)CCN(c2cc(CC#N)cc(Cl)c2F)C3=O)c1F. The lowest BCUT2D eigenvalue weighted by Gasteiger charge is -2.27. The zero-order chi connectivity index (χ0) is 22.3. The van der Waals surface area contributed by atoms with Crippen molar-refractivity contribution in [1.82, 2.24) is 9.78 Å². The lowest BCUT2D eigenvalue weighted by Crippen LogP contribution is -2.38. The van der Waals surface area contributed by atoms with Crippen LogP contribution in [-0.4, -0.2) is 22.2 Å². The Morgan fingerprint density at radius 3 is 2.74 bits per heavy atom. The van der Waals surface area contributed by atoms with Crippen LogP contribution in [0.15, 0.2) is 30.3 Å². The number of fused-ring (bicyclic) bond motifs is 1. The van der Waals surface area contributed by atoms with Crippen molar-refractivity contribution in [3.63, 3.8) is 0 Å². The molecule has 1 aliphatic heterocycles. The molecule has 158 valence electrons. The van der Waals surface area contributed by atoms with E-state index in [1.165, 1.54) is 21.7 Å². The summed E-state index contributed by atoms with van der Waals surface area (Å²) >= 11 is 12.4. The van der Waals surface area contributed by atoms with Crippen molar-refractivity contribution in [2.45, 2.75) is 26.3 Å². The van der Waals surface area contributed by atoms with Gasteiger partial charge in [0.15, 0.2) is 11.5 Å². The third-order valence-corrected chi connectivity index (χ3v) is 5.95. The first-order chi connectivity index (χ1) is 14.8. The molecular formula is C22H16Cl2F2N4O. The number of hydrogen-bond donors (Lipinski definition) is 0. The van der Waals surface area contributed by atoms with Gasteiger partial charge in [-0.1, -0.05) is 41.4 Å². The summed E-state index contributed by atoms with van der Waals surface area (Å²) in [5.41, 5.74) is 2.01. The van der Waals surface area contributed by atoms with Gasteiger partial charge >= 0.3 is 0 Å². The predicted octanol–water partition coefficient (Wildman–Crippen LogP) is 5.09. The molecule has 1 aromatic heterocycles. The molecule has 0 radical (unpaired) electrons. The van der Waals surface area contributed by atoms with Crippen LogP contribution in [0, 0.1) is 29.9 Å². The second kappa shape index (κ2) is 8.29. The second-order valence-electron chi connectivity index (χ2n) is 7.28. The molecule has 0 saturated carbocycles. The number of carbonyl (C=O) groups is 1. The van der Waals surface area contributed by atoms with Crippen LogP contribution in [0.5, 0.6) is 0 Å². The normalized spacial score (nSPS) is 13.3. The van der Waals surface area contributed by atoms with Crippen LogP contribution in [0.1, 0.15) is 32.7 Å². The summed E-state index contributed by atoms with van der Waals surface area (Å²) in [5, 5.41) is 13.3. The number of halogens is 4. The number of anilines is 1. The first-order valence-electron chi connectivity index (χ1n) is 9.47. The van der Waals surface area contributed by atoms with Gasteiger partial charge in [0.25, 0.3) is 5.91 Å². The lowest BCUT2D eigenvalue weighted by atomic mass is 10.0. The third-order valence-electron chi connectivity index (χ3n) is 5.25. The minimum absolute atomic E-state index is 0.0104. The first-order valence-corrected chi connectivity index (χ1v) is 10.2. The molecule has 1 amide bonds. The number of carbonyl (C=O) groups excluding carboxylic acids is 1. The van der Waals surface area contributed by atoms with E-state index >= 15 is 0 Å². The van der Waals surface area contributed by atoms with Gasteiger partial charge in [-0.2, -0.15) is 10.4 Å². The number of amides is 1. The Morgan fingerprint density at radius 1 is 1.23 bits per heavy atom. The van der Waals surface area contributed by atoms with E-state index in [2.05, 4.69) is 5.10 Å². The van der Waals surface area contributed by atoms with E-state index in [0.717, 1.165) is 0 Å². The van der Waals surface area contributed by atoms with Gasteiger partial charge in [-0.25, -0.2) is 13.5 Å². The highest BCUT2D eigenvalue weighted by molar-refractivity contribution is 6.32. The molecule has 0 bridgehead atoms. The number of hydrogen-bond acceptors (Lipinski definition) is 3. The molecule has 3 aromatic rings. The van der Waals surface area contributed by atoms with Crippen molar-refractivity contribution >= 4 is 34.8 Å². The maximum absolute atomic E-state index is 14.7. The van der Waals surface area contributed by atoms with Crippen LogP contribution < -0.4 is 4.90 Å². The zero-order valence-corrected chi connectivity index (χ0v) is 17.9. The largest absolute Gasteiger partial charge is 0.304 e. The number of nitriles is 1. The molecule has 0 saturated heterocycles. The number of benzene rings is 2. The maximum Gasteiger partial charge on any atom is 0.279 e. The Kier molecular flexibility index (Phi) is 5.69. The summed E-state index contributed by atoms with van der Waals surface area (Å²) in [6, 6.07) is 9.81. The summed E-state index contributed by atoms with van der Waals surface area (Å²) < 4.78 is 30.5. The topological polar surface area (TPSA) is 61.9 Å². The van der Waals surface area contributed by atoms with Crippen molar-refractivity contribution in [3.05, 3.63) is 80.1 Å². The Bertz CT molecular complexity index is 1250. The molecule has 2 aromatic carbocycles. The fraction of sp³-hybridized carbons (Fsp3) is 0.227. The van der Waals surface area contributed by atoms with E-state index in [1.807, 2.05) is 6.07 Å². The quantitative estimate of drug-likeness (QED) is 0.544. The summed E-state index contributed by atoms with van der Waals surface area (Å²) in [6.45, 7) is 1.89. The van der Waals surface area contributed by atoms with E-state index < -0.39 is 11.7 Å². The number of aromatic nitrogens is 2. The Hall–Kier alpha value is -2.95. The summed E-state index contributed by atoms with van der Waals surface area (Å²) in [4.78, 5) is 14.4. The van der Waals surface area contributed by atoms with Gasteiger partial charge in [0, 0.05) is 17.7 Å². The van der Waals surface area contributed by atoms with Gasteiger partial charge in [-0.15, -0.1) is 0 Å². The van der Waals surface area contributed by atoms with Crippen LogP contribution in [0.2, 0.25) is 10.2 Å². The van der Waals surface area contributed by atoms with Crippen molar-refractivity contribution in [2.75, 3.05) is 11.4 Å². The Labute approximate surface area is 187 Å². The van der Waals surface area contributed by atoms with E-state index in [1.54, 1.807) is 25.1 Å². The van der Waals surface area contributed by atoms with Crippen LogP contribution in [0.25, 0.3) is 0 Å². The van der Waals surface area contributed by atoms with Gasteiger partial charge in [-0.3, -0.25) is 4.79 Å². The number of nitrogens with zero attached hydrogens (tertiary/aromatic N) is 4. The van der Waals surface area contributed by atoms with Gasteiger partial charge in [-0.05, 0) is 36.6 Å². The summed E-state index contributed by atoms with van der Waals surface area (Å²) in [6.07, 6.45) is 0.374. The Morgan fingerprint density at radius 2 is 2.00 bits per heavy atom. The standard InChI is InChI=1S/C22H16Cl2F2N4O/c1-12-3-2-4-14(18(12)25)11-30-21(24)15-6-8-29(22(31)20(15)28-30)17-10-13(5-7-27)9-16(23)19(17)26/h2-4,9-10H,5-6,8,11H2,1H3. The summed E-state index contributed by atoms with van der Waals surface area (Å²) in [5.74, 6) is -1.63. The molecule has 0 unspecified atom stereocenters. The first kappa shape index (κ1) is 21.3. The van der Waals surface area contributed by atoms with Crippen LogP contribution in [-0.2, 0) is 19.4 Å². The van der Waals surface area contributed by atoms with Gasteiger partial charge in [0.1, 0.15) is 11.0 Å². The molecule has 5 nitrogen and oxygen atoms in total. The molecule has 0 atom stereocenters. The van der Waals surface area contributed by atoms with Crippen molar-refractivity contribution in [1.29, 1.82) is 5.26 Å². The second-order valence-corrected chi connectivity index (χ2v) is 8.04. The number of aryl methyl sites for hydroxylation is 1. The minimum Gasteiger partial charge on any atom is -0.304 e. The molecule has 9 heteroatoms. The molecule has 4 rings (SSSR count). The van der Waals surface area contributed by atoms with Gasteiger partial charge in [0.2, 0.25) is 0 Å². The molecular weight excluding hydrogens is 445 g/mol. The third kappa shape index (κ3) is 3.78. The molecule has 31 heavy (non-hydrogen) atoms. The van der Waals surface area contributed by atoms with Crippen molar-refractivity contribution < 1.29 is 13.6 Å². The van der Waals surface area contributed by atoms with Crippen molar-refractivity contribution in [3.8, 4) is 6.07 Å². The van der Waals surface area contributed by atoms with Gasteiger partial charge in [0.05, 0.1) is 29.7 Å². The highest BCUT2D eigenvalue weighted by Gasteiger charge is 2.33. The molecule has 2 heterocycles. The average molecular weight is 461 g/mol. The van der Waals surface area contributed by atoms with E-state index in [-0.39, 0.29) is 46.9 Å². The zero-order valence-electron chi connectivity index (χ0n) is 16.4. The van der Waals surface area contributed by atoms with Crippen LogP contribution in [0.4, 0.5) is 14.5 Å². The molecule has 1 aliphatic rings. The fourth-order valence-electron chi connectivity index (χ4n) is 3.67. The predicted molar refractivity (Wildman–Crippen MR) is 114 cm³/mol. The van der Waals surface area contributed by atoms with E-state index in [9.17, 15) is 13.6 Å². The van der Waals surface area contributed by atoms with Gasteiger partial charge < -0.3 is 4.90 Å². The molecule has 0 fully saturated rings. The number of rotatable bonds is 4. The molecule has 0 spiro atoms. The molecule has 0 N–H and O–H groups in total.